The van der Waals surface area contributed by atoms with Crippen molar-refractivity contribution in [1.82, 2.24) is 5.32 Å². The normalized spacial score (nSPS) is 30.5. The molecule has 0 aromatic heterocycles. The second-order valence-corrected chi connectivity index (χ2v) is 4.52. The van der Waals surface area contributed by atoms with E-state index >= 15 is 0 Å². The molecule has 2 aliphatic rings. The number of hydrogen-bond donors (Lipinski definition) is 1. The van der Waals surface area contributed by atoms with Gasteiger partial charge in [-0.15, -0.1) is 0 Å². The van der Waals surface area contributed by atoms with Crippen molar-refractivity contribution in [3.05, 3.63) is 23.9 Å². The Morgan fingerprint density at radius 1 is 1.54 bits per heavy atom. The minimum Gasteiger partial charge on any atom is -0.329 e. The number of amides is 1. The predicted molar refractivity (Wildman–Crippen MR) is 51.9 cm³/mol. The molecule has 1 unspecified atom stereocenters. The van der Waals surface area contributed by atoms with Crippen LogP contribution in [0.15, 0.2) is 23.9 Å². The van der Waals surface area contributed by atoms with E-state index in [1.807, 2.05) is 26.0 Å². The zero-order valence-electron chi connectivity index (χ0n) is 8.13. The van der Waals surface area contributed by atoms with E-state index in [0.717, 1.165) is 18.5 Å². The molecule has 1 heterocycles. The lowest BCUT2D eigenvalue weighted by Crippen LogP contribution is -2.45. The highest BCUT2D eigenvalue weighted by Crippen LogP contribution is 2.36. The van der Waals surface area contributed by atoms with Crippen molar-refractivity contribution in [2.75, 3.05) is 0 Å². The average molecular weight is 177 g/mol. The number of rotatable bonds is 0. The number of piperidine rings is 1. The Balaban J connectivity index is 2.25. The first-order valence-corrected chi connectivity index (χ1v) is 4.78. The molecule has 1 fully saturated rings. The SMILES string of the molecule is CC1(C)CC2CC=CC=C2NC1=O. The lowest BCUT2D eigenvalue weighted by molar-refractivity contribution is -0.131. The van der Waals surface area contributed by atoms with Crippen LogP contribution in [0.4, 0.5) is 0 Å². The molecule has 2 rings (SSSR count). The molecule has 1 aliphatic heterocycles. The van der Waals surface area contributed by atoms with Gasteiger partial charge < -0.3 is 5.32 Å². The van der Waals surface area contributed by atoms with Crippen LogP contribution in [-0.2, 0) is 4.79 Å². The smallest absolute Gasteiger partial charge is 0.229 e. The van der Waals surface area contributed by atoms with Crippen LogP contribution < -0.4 is 5.32 Å². The molecule has 2 heteroatoms. The van der Waals surface area contributed by atoms with Gasteiger partial charge in [0.25, 0.3) is 0 Å². The predicted octanol–water partition coefficient (Wildman–Crippen LogP) is 1.99. The van der Waals surface area contributed by atoms with Gasteiger partial charge in [0.05, 0.1) is 0 Å². The zero-order valence-corrected chi connectivity index (χ0v) is 8.13. The molecule has 1 N–H and O–H groups in total. The maximum absolute atomic E-state index is 11.6. The van der Waals surface area contributed by atoms with E-state index in [1.165, 1.54) is 0 Å². The Morgan fingerprint density at radius 2 is 2.31 bits per heavy atom. The molecule has 0 bridgehead atoms. The van der Waals surface area contributed by atoms with Gasteiger partial charge in [-0.3, -0.25) is 4.79 Å². The van der Waals surface area contributed by atoms with Gasteiger partial charge in [-0.05, 0) is 18.9 Å². The number of fused-ring (bicyclic) bond motifs is 1. The van der Waals surface area contributed by atoms with E-state index in [4.69, 9.17) is 0 Å². The topological polar surface area (TPSA) is 29.1 Å². The summed E-state index contributed by atoms with van der Waals surface area (Å²) in [7, 11) is 0. The third-order valence-corrected chi connectivity index (χ3v) is 2.90. The molecule has 1 aliphatic carbocycles. The van der Waals surface area contributed by atoms with Gasteiger partial charge in [0.2, 0.25) is 5.91 Å². The molecular formula is C11H15NO. The highest BCUT2D eigenvalue weighted by Gasteiger charge is 2.37. The highest BCUT2D eigenvalue weighted by molar-refractivity contribution is 5.84. The van der Waals surface area contributed by atoms with Crippen LogP contribution in [0.5, 0.6) is 0 Å². The quantitative estimate of drug-likeness (QED) is 0.602. The molecule has 0 aromatic rings. The third-order valence-electron chi connectivity index (χ3n) is 2.90. The summed E-state index contributed by atoms with van der Waals surface area (Å²) in [5.74, 6) is 0.683. The molecule has 1 atom stereocenters. The summed E-state index contributed by atoms with van der Waals surface area (Å²) in [6, 6.07) is 0. The first-order chi connectivity index (χ1) is 6.09. The summed E-state index contributed by atoms with van der Waals surface area (Å²) >= 11 is 0. The van der Waals surface area contributed by atoms with Crippen molar-refractivity contribution in [2.45, 2.75) is 26.7 Å². The van der Waals surface area contributed by atoms with Crippen LogP contribution >= 0.6 is 0 Å². The number of nitrogens with one attached hydrogen (secondary N) is 1. The second kappa shape index (κ2) is 2.72. The van der Waals surface area contributed by atoms with Crippen molar-refractivity contribution >= 4 is 5.91 Å². The summed E-state index contributed by atoms with van der Waals surface area (Å²) in [6.45, 7) is 4.02. The molecule has 1 amide bonds. The van der Waals surface area contributed by atoms with E-state index in [2.05, 4.69) is 11.4 Å². The van der Waals surface area contributed by atoms with Gasteiger partial charge in [-0.1, -0.05) is 26.0 Å². The average Bonchev–Trinajstić information content (AvgIpc) is 2.06. The number of carbonyl (C=O) groups is 1. The fourth-order valence-electron chi connectivity index (χ4n) is 2.02. The van der Waals surface area contributed by atoms with Crippen LogP contribution in [0.3, 0.4) is 0 Å². The lowest BCUT2D eigenvalue weighted by Gasteiger charge is -2.37. The molecule has 0 radical (unpaired) electrons. The monoisotopic (exact) mass is 177 g/mol. The summed E-state index contributed by atoms with van der Waals surface area (Å²) in [6.07, 6.45) is 8.23. The Morgan fingerprint density at radius 3 is 3.08 bits per heavy atom. The van der Waals surface area contributed by atoms with Gasteiger partial charge in [0, 0.05) is 17.0 Å². The van der Waals surface area contributed by atoms with E-state index in [9.17, 15) is 4.79 Å². The summed E-state index contributed by atoms with van der Waals surface area (Å²) < 4.78 is 0. The molecular weight excluding hydrogens is 162 g/mol. The van der Waals surface area contributed by atoms with Gasteiger partial charge in [0.15, 0.2) is 0 Å². The Kier molecular flexibility index (Phi) is 1.79. The van der Waals surface area contributed by atoms with Crippen molar-refractivity contribution in [2.24, 2.45) is 11.3 Å². The van der Waals surface area contributed by atoms with Crippen LogP contribution in [0.1, 0.15) is 26.7 Å². The summed E-state index contributed by atoms with van der Waals surface area (Å²) in [4.78, 5) is 11.6. The van der Waals surface area contributed by atoms with Crippen LogP contribution in [-0.4, -0.2) is 5.91 Å². The fourth-order valence-corrected chi connectivity index (χ4v) is 2.02. The fraction of sp³-hybridized carbons (Fsp3) is 0.545. The maximum Gasteiger partial charge on any atom is 0.229 e. The number of hydrogen-bond acceptors (Lipinski definition) is 1. The molecule has 1 saturated heterocycles. The Hall–Kier alpha value is -1.05. The minimum absolute atomic E-state index is 0.158. The van der Waals surface area contributed by atoms with Crippen molar-refractivity contribution in [3.63, 3.8) is 0 Å². The van der Waals surface area contributed by atoms with Crippen molar-refractivity contribution in [3.8, 4) is 0 Å². The van der Waals surface area contributed by atoms with E-state index < -0.39 is 0 Å². The number of carbonyl (C=O) groups excluding carboxylic acids is 1. The first kappa shape index (κ1) is 8.54. The third kappa shape index (κ3) is 1.41. The lowest BCUT2D eigenvalue weighted by atomic mass is 9.75. The van der Waals surface area contributed by atoms with Gasteiger partial charge in [-0.25, -0.2) is 0 Å². The van der Waals surface area contributed by atoms with Crippen LogP contribution in [0.25, 0.3) is 0 Å². The standard InChI is InChI=1S/C11H15NO/c1-11(2)7-8-5-3-4-6-9(8)12-10(11)13/h3-4,6,8H,5,7H2,1-2H3,(H,12,13). The van der Waals surface area contributed by atoms with E-state index in [1.54, 1.807) is 0 Å². The molecule has 2 nitrogen and oxygen atoms in total. The number of allylic oxidation sites excluding steroid dienone is 4. The second-order valence-electron chi connectivity index (χ2n) is 4.52. The first-order valence-electron chi connectivity index (χ1n) is 4.78. The Labute approximate surface area is 78.7 Å². The summed E-state index contributed by atoms with van der Waals surface area (Å²) in [5.41, 5.74) is 0.902. The maximum atomic E-state index is 11.6. The van der Waals surface area contributed by atoms with Gasteiger partial charge in [-0.2, -0.15) is 0 Å². The van der Waals surface area contributed by atoms with E-state index in [0.29, 0.717) is 5.92 Å². The van der Waals surface area contributed by atoms with Crippen molar-refractivity contribution in [1.29, 1.82) is 0 Å². The zero-order chi connectivity index (χ0) is 9.47. The van der Waals surface area contributed by atoms with Crippen molar-refractivity contribution < 1.29 is 4.79 Å². The molecule has 70 valence electrons. The van der Waals surface area contributed by atoms with E-state index in [-0.39, 0.29) is 11.3 Å². The molecule has 0 aromatic carbocycles. The summed E-state index contributed by atoms with van der Waals surface area (Å²) in [5, 5.41) is 2.98. The molecule has 0 saturated carbocycles. The minimum atomic E-state index is -0.201. The highest BCUT2D eigenvalue weighted by atomic mass is 16.2. The Bertz CT molecular complexity index is 299. The molecule has 0 spiro atoms. The largest absolute Gasteiger partial charge is 0.329 e. The van der Waals surface area contributed by atoms with Crippen LogP contribution in [0, 0.1) is 11.3 Å². The van der Waals surface area contributed by atoms with Gasteiger partial charge in [0.1, 0.15) is 0 Å². The molecule has 13 heavy (non-hydrogen) atoms. The van der Waals surface area contributed by atoms with Crippen LogP contribution in [0.2, 0.25) is 0 Å². The van der Waals surface area contributed by atoms with Gasteiger partial charge >= 0.3 is 0 Å².